The fraction of sp³-hybridized carbons (Fsp3) is 0.556. The Morgan fingerprint density at radius 3 is 2.65 bits per heavy atom. The van der Waals surface area contributed by atoms with Crippen molar-refractivity contribution in [2.24, 2.45) is 0 Å². The number of likely N-dealkylation sites (tertiary alicyclic amines) is 1. The van der Waals surface area contributed by atoms with Gasteiger partial charge in [0.1, 0.15) is 0 Å². The molecule has 122 valence electrons. The van der Waals surface area contributed by atoms with E-state index in [0.29, 0.717) is 6.61 Å². The molecule has 5 nitrogen and oxygen atoms in total. The second-order valence-electron chi connectivity index (χ2n) is 6.77. The summed E-state index contributed by atoms with van der Waals surface area (Å²) in [5, 5.41) is 4.28. The van der Waals surface area contributed by atoms with Gasteiger partial charge in [0.25, 0.3) is 0 Å². The zero-order valence-electron chi connectivity index (χ0n) is 13.6. The Hall–Kier alpha value is -1.72. The van der Waals surface area contributed by atoms with Gasteiger partial charge < -0.3 is 14.2 Å². The van der Waals surface area contributed by atoms with Crippen LogP contribution in [0, 0.1) is 0 Å². The van der Waals surface area contributed by atoms with E-state index in [-0.39, 0.29) is 11.3 Å². The summed E-state index contributed by atoms with van der Waals surface area (Å²) in [6.45, 7) is 3.58. The summed E-state index contributed by atoms with van der Waals surface area (Å²) >= 11 is 0. The maximum Gasteiger partial charge on any atom is 0.237 e. The molecule has 0 spiro atoms. The lowest BCUT2D eigenvalue weighted by Gasteiger charge is -2.38. The Bertz CT molecular complexity index is 641. The summed E-state index contributed by atoms with van der Waals surface area (Å²) in [4.78, 5) is 7.18. The van der Waals surface area contributed by atoms with Gasteiger partial charge in [0.2, 0.25) is 5.89 Å². The van der Waals surface area contributed by atoms with Crippen molar-refractivity contribution in [2.45, 2.75) is 30.6 Å². The molecule has 4 rings (SSSR count). The smallest absolute Gasteiger partial charge is 0.237 e. The first-order valence-electron chi connectivity index (χ1n) is 8.44. The van der Waals surface area contributed by atoms with Crippen molar-refractivity contribution in [3.8, 4) is 0 Å². The number of piperidine rings is 1. The van der Waals surface area contributed by atoms with Gasteiger partial charge in [-0.05, 0) is 45.0 Å². The van der Waals surface area contributed by atoms with E-state index in [1.165, 1.54) is 5.56 Å². The molecule has 0 aliphatic carbocycles. The molecule has 1 atom stereocenters. The number of rotatable bonds is 3. The van der Waals surface area contributed by atoms with Gasteiger partial charge >= 0.3 is 0 Å². The average molecular weight is 313 g/mol. The molecule has 2 aromatic rings. The summed E-state index contributed by atoms with van der Waals surface area (Å²) < 4.78 is 11.2. The molecular formula is C18H23N3O2. The molecule has 0 N–H and O–H groups in total. The van der Waals surface area contributed by atoms with E-state index >= 15 is 0 Å². The molecule has 2 aliphatic rings. The number of aromatic nitrogens is 2. The number of ether oxygens (including phenoxy) is 1. The summed E-state index contributed by atoms with van der Waals surface area (Å²) in [5.41, 5.74) is 1.13. The van der Waals surface area contributed by atoms with Crippen molar-refractivity contribution in [1.29, 1.82) is 0 Å². The zero-order valence-corrected chi connectivity index (χ0v) is 13.6. The fourth-order valence-corrected chi connectivity index (χ4v) is 3.72. The summed E-state index contributed by atoms with van der Waals surface area (Å²) in [5.74, 6) is 1.87. The maximum atomic E-state index is 5.77. The van der Waals surface area contributed by atoms with Crippen LogP contribution in [0.2, 0.25) is 0 Å². The normalized spacial score (nSPS) is 24.8. The Labute approximate surface area is 136 Å². The highest BCUT2D eigenvalue weighted by Crippen LogP contribution is 2.41. The van der Waals surface area contributed by atoms with E-state index in [4.69, 9.17) is 14.2 Å². The second kappa shape index (κ2) is 6.06. The molecule has 2 saturated heterocycles. The van der Waals surface area contributed by atoms with Crippen LogP contribution < -0.4 is 0 Å². The quantitative estimate of drug-likeness (QED) is 0.872. The topological polar surface area (TPSA) is 51.4 Å². The Morgan fingerprint density at radius 2 is 1.96 bits per heavy atom. The van der Waals surface area contributed by atoms with Gasteiger partial charge in [-0.25, -0.2) is 0 Å². The number of nitrogens with zero attached hydrogens (tertiary/aromatic N) is 3. The first-order chi connectivity index (χ1) is 11.3. The van der Waals surface area contributed by atoms with E-state index in [2.05, 4.69) is 47.4 Å². The molecule has 0 saturated carbocycles. The van der Waals surface area contributed by atoms with Crippen LogP contribution in [0.25, 0.3) is 0 Å². The van der Waals surface area contributed by atoms with Crippen molar-refractivity contribution < 1.29 is 9.26 Å². The average Bonchev–Trinajstić information content (AvgIpc) is 3.28. The molecule has 1 aromatic carbocycles. The van der Waals surface area contributed by atoms with Crippen LogP contribution in [-0.4, -0.2) is 48.4 Å². The lowest BCUT2D eigenvalue weighted by Crippen LogP contribution is -2.41. The molecule has 5 heteroatoms. The molecule has 23 heavy (non-hydrogen) atoms. The van der Waals surface area contributed by atoms with Crippen LogP contribution in [0.3, 0.4) is 0 Å². The van der Waals surface area contributed by atoms with E-state index in [9.17, 15) is 0 Å². The zero-order chi connectivity index (χ0) is 15.7. The third kappa shape index (κ3) is 2.68. The van der Waals surface area contributed by atoms with Gasteiger partial charge in [0.05, 0.1) is 12.0 Å². The van der Waals surface area contributed by atoms with Crippen molar-refractivity contribution in [3.05, 3.63) is 47.6 Å². The SMILES string of the molecule is CN1CCC(c2ccccc2)(c2nc(C3CCOC3)no2)CC1. The van der Waals surface area contributed by atoms with Crippen molar-refractivity contribution >= 4 is 0 Å². The highest BCUT2D eigenvalue weighted by Gasteiger charge is 2.42. The van der Waals surface area contributed by atoms with Gasteiger partial charge in [0, 0.05) is 12.5 Å². The van der Waals surface area contributed by atoms with Crippen LogP contribution >= 0.6 is 0 Å². The summed E-state index contributed by atoms with van der Waals surface area (Å²) in [7, 11) is 2.17. The number of hydrogen-bond acceptors (Lipinski definition) is 5. The largest absolute Gasteiger partial charge is 0.381 e. The van der Waals surface area contributed by atoms with Crippen LogP contribution in [0.1, 0.15) is 42.5 Å². The van der Waals surface area contributed by atoms with Gasteiger partial charge in [-0.2, -0.15) is 4.98 Å². The van der Waals surface area contributed by atoms with E-state index in [0.717, 1.165) is 50.7 Å². The third-order valence-corrected chi connectivity index (χ3v) is 5.31. The van der Waals surface area contributed by atoms with E-state index in [1.54, 1.807) is 0 Å². The predicted octanol–water partition coefficient (Wildman–Crippen LogP) is 2.59. The molecule has 3 heterocycles. The van der Waals surface area contributed by atoms with Crippen LogP contribution in [0.4, 0.5) is 0 Å². The fourth-order valence-electron chi connectivity index (χ4n) is 3.72. The molecule has 2 fully saturated rings. The predicted molar refractivity (Wildman–Crippen MR) is 86.4 cm³/mol. The van der Waals surface area contributed by atoms with Crippen molar-refractivity contribution in [3.63, 3.8) is 0 Å². The molecule has 0 amide bonds. The number of benzene rings is 1. The van der Waals surface area contributed by atoms with Crippen molar-refractivity contribution in [2.75, 3.05) is 33.4 Å². The van der Waals surface area contributed by atoms with Crippen LogP contribution in [-0.2, 0) is 10.2 Å². The minimum atomic E-state index is -0.154. The van der Waals surface area contributed by atoms with Gasteiger partial charge in [-0.1, -0.05) is 35.5 Å². The highest BCUT2D eigenvalue weighted by molar-refractivity contribution is 5.33. The minimum absolute atomic E-state index is 0.154. The summed E-state index contributed by atoms with van der Waals surface area (Å²) in [6, 6.07) is 10.6. The maximum absolute atomic E-state index is 5.77. The first kappa shape index (κ1) is 14.8. The standard InChI is InChI=1S/C18H23N3O2/c1-21-10-8-18(9-11-21,15-5-3-2-4-6-15)17-19-16(20-23-17)14-7-12-22-13-14/h2-6,14H,7-13H2,1H3. The highest BCUT2D eigenvalue weighted by atomic mass is 16.5. The van der Waals surface area contributed by atoms with E-state index in [1.807, 2.05) is 0 Å². The minimum Gasteiger partial charge on any atom is -0.381 e. The van der Waals surface area contributed by atoms with Gasteiger partial charge in [-0.3, -0.25) is 0 Å². The third-order valence-electron chi connectivity index (χ3n) is 5.31. The molecule has 1 unspecified atom stereocenters. The molecule has 0 radical (unpaired) electrons. The monoisotopic (exact) mass is 313 g/mol. The Balaban J connectivity index is 1.71. The second-order valence-corrected chi connectivity index (χ2v) is 6.77. The van der Waals surface area contributed by atoms with Gasteiger partial charge in [-0.15, -0.1) is 0 Å². The molecule has 0 bridgehead atoms. The van der Waals surface area contributed by atoms with Crippen molar-refractivity contribution in [1.82, 2.24) is 15.0 Å². The number of hydrogen-bond donors (Lipinski definition) is 0. The van der Waals surface area contributed by atoms with E-state index < -0.39 is 0 Å². The lowest BCUT2D eigenvalue weighted by atomic mass is 9.72. The first-order valence-corrected chi connectivity index (χ1v) is 8.44. The van der Waals surface area contributed by atoms with Crippen LogP contribution in [0.5, 0.6) is 0 Å². The lowest BCUT2D eigenvalue weighted by molar-refractivity contribution is 0.179. The van der Waals surface area contributed by atoms with Gasteiger partial charge in [0.15, 0.2) is 5.82 Å². The Kier molecular flexibility index (Phi) is 3.91. The molecule has 2 aliphatic heterocycles. The van der Waals surface area contributed by atoms with Crippen LogP contribution in [0.15, 0.2) is 34.9 Å². The molecule has 1 aromatic heterocycles. The summed E-state index contributed by atoms with van der Waals surface area (Å²) in [6.07, 6.45) is 3.01. The molecular weight excluding hydrogens is 290 g/mol. The Morgan fingerprint density at radius 1 is 1.17 bits per heavy atom.